The third-order valence-electron chi connectivity index (χ3n) is 3.41. The zero-order valence-electron chi connectivity index (χ0n) is 12.4. The molecule has 0 aliphatic carbocycles. The van der Waals surface area contributed by atoms with Crippen LogP contribution in [0.3, 0.4) is 0 Å². The minimum Gasteiger partial charge on any atom is -0.344 e. The number of halogens is 7. The molecule has 1 N–H and O–H groups in total. The zero-order valence-corrected chi connectivity index (χ0v) is 12.4. The zero-order chi connectivity index (χ0) is 18.2. The number of hydrogen-bond acceptors (Lipinski definition) is 1. The van der Waals surface area contributed by atoms with E-state index in [2.05, 4.69) is 0 Å². The largest absolute Gasteiger partial charge is 0.460 e. The van der Waals surface area contributed by atoms with Crippen molar-refractivity contribution in [3.63, 3.8) is 0 Å². The predicted molar refractivity (Wildman–Crippen MR) is 68.4 cm³/mol. The second-order valence-electron chi connectivity index (χ2n) is 5.19. The fourth-order valence-electron chi connectivity index (χ4n) is 1.73. The lowest BCUT2D eigenvalue weighted by atomic mass is 10.0. The van der Waals surface area contributed by atoms with Crippen molar-refractivity contribution in [2.45, 2.75) is 44.8 Å². The Labute approximate surface area is 127 Å². The van der Waals surface area contributed by atoms with Crippen LogP contribution in [0.4, 0.5) is 30.7 Å². The predicted octanol–water partition coefficient (Wildman–Crippen LogP) is 4.31. The molecule has 1 aromatic carbocycles. The standard InChI is InChI=1S/C14H14F7NO/c1-7-4-5-10(6-8(7)2)9(3)22-11(23)12(15,16)13(17,18)14(19,20)21/h4-6,9H,1-3H3,(H,22,23). The van der Waals surface area contributed by atoms with Gasteiger partial charge in [-0.15, -0.1) is 0 Å². The van der Waals surface area contributed by atoms with E-state index in [1.54, 1.807) is 19.9 Å². The van der Waals surface area contributed by atoms with E-state index in [9.17, 15) is 35.5 Å². The maximum absolute atomic E-state index is 13.2. The van der Waals surface area contributed by atoms with Crippen LogP contribution in [0.15, 0.2) is 18.2 Å². The molecule has 1 amide bonds. The van der Waals surface area contributed by atoms with E-state index in [1.807, 2.05) is 0 Å². The molecule has 23 heavy (non-hydrogen) atoms. The summed E-state index contributed by atoms with van der Waals surface area (Å²) in [5.74, 6) is -15.1. The Kier molecular flexibility index (Phi) is 5.03. The highest BCUT2D eigenvalue weighted by atomic mass is 19.4. The van der Waals surface area contributed by atoms with Gasteiger partial charge in [0.1, 0.15) is 0 Å². The Bertz CT molecular complexity index is 595. The Morgan fingerprint density at radius 1 is 1.00 bits per heavy atom. The molecule has 1 rings (SSSR count). The summed E-state index contributed by atoms with van der Waals surface area (Å²) in [5, 5.41) is 1.49. The van der Waals surface area contributed by atoms with Gasteiger partial charge in [-0.1, -0.05) is 18.2 Å². The molecule has 9 heteroatoms. The summed E-state index contributed by atoms with van der Waals surface area (Å²) in [6, 6.07) is 3.40. The van der Waals surface area contributed by atoms with E-state index in [0.29, 0.717) is 5.56 Å². The van der Waals surface area contributed by atoms with Gasteiger partial charge in [0.2, 0.25) is 0 Å². The Morgan fingerprint density at radius 2 is 1.52 bits per heavy atom. The number of aryl methyl sites for hydroxylation is 2. The number of benzene rings is 1. The molecule has 2 nitrogen and oxygen atoms in total. The van der Waals surface area contributed by atoms with E-state index >= 15 is 0 Å². The molecule has 1 unspecified atom stereocenters. The lowest BCUT2D eigenvalue weighted by Gasteiger charge is -2.28. The van der Waals surface area contributed by atoms with Gasteiger partial charge >= 0.3 is 18.0 Å². The SMILES string of the molecule is Cc1ccc(C(C)NC(=O)C(F)(F)C(F)(F)C(F)(F)F)cc1C. The Morgan fingerprint density at radius 3 is 1.96 bits per heavy atom. The Balaban J connectivity index is 2.99. The number of carbonyl (C=O) groups is 1. The smallest absolute Gasteiger partial charge is 0.344 e. The molecule has 130 valence electrons. The molecule has 0 spiro atoms. The summed E-state index contributed by atoms with van der Waals surface area (Å²) >= 11 is 0. The molecule has 0 fully saturated rings. The molecule has 0 saturated heterocycles. The Hall–Kier alpha value is -1.80. The molecule has 0 aromatic heterocycles. The first kappa shape index (κ1) is 19.2. The minimum absolute atomic E-state index is 0.299. The van der Waals surface area contributed by atoms with Gasteiger partial charge in [-0.05, 0) is 37.5 Å². The quantitative estimate of drug-likeness (QED) is 0.810. The van der Waals surface area contributed by atoms with Crippen molar-refractivity contribution in [1.82, 2.24) is 5.32 Å². The van der Waals surface area contributed by atoms with Crippen LogP contribution >= 0.6 is 0 Å². The fourth-order valence-corrected chi connectivity index (χ4v) is 1.73. The number of carbonyl (C=O) groups excluding carboxylic acids is 1. The monoisotopic (exact) mass is 345 g/mol. The van der Waals surface area contributed by atoms with Gasteiger partial charge in [-0.3, -0.25) is 4.79 Å². The average molecular weight is 345 g/mol. The van der Waals surface area contributed by atoms with Crippen molar-refractivity contribution in [2.75, 3.05) is 0 Å². The second kappa shape index (κ2) is 6.01. The first-order chi connectivity index (χ1) is 10.2. The van der Waals surface area contributed by atoms with Gasteiger partial charge in [0, 0.05) is 0 Å². The summed E-state index contributed by atoms with van der Waals surface area (Å²) in [6.45, 7) is 4.66. The number of rotatable bonds is 4. The maximum atomic E-state index is 13.2. The summed E-state index contributed by atoms with van der Waals surface area (Å²) in [4.78, 5) is 11.3. The number of alkyl halides is 7. The van der Waals surface area contributed by atoms with E-state index in [1.165, 1.54) is 24.4 Å². The van der Waals surface area contributed by atoms with E-state index in [-0.39, 0.29) is 0 Å². The van der Waals surface area contributed by atoms with Crippen molar-refractivity contribution in [3.8, 4) is 0 Å². The average Bonchev–Trinajstić information content (AvgIpc) is 2.40. The van der Waals surface area contributed by atoms with Crippen LogP contribution in [0.25, 0.3) is 0 Å². The van der Waals surface area contributed by atoms with Gasteiger partial charge in [0.25, 0.3) is 5.91 Å². The number of hydrogen-bond donors (Lipinski definition) is 1. The second-order valence-corrected chi connectivity index (χ2v) is 5.19. The van der Waals surface area contributed by atoms with E-state index in [0.717, 1.165) is 11.1 Å². The first-order valence-electron chi connectivity index (χ1n) is 6.42. The molecule has 0 radical (unpaired) electrons. The van der Waals surface area contributed by atoms with Crippen LogP contribution in [-0.2, 0) is 4.79 Å². The lowest BCUT2D eigenvalue weighted by Crippen LogP contribution is -2.59. The fraction of sp³-hybridized carbons (Fsp3) is 0.500. The van der Waals surface area contributed by atoms with Crippen molar-refractivity contribution < 1.29 is 35.5 Å². The van der Waals surface area contributed by atoms with Crippen LogP contribution in [0.1, 0.15) is 29.7 Å². The van der Waals surface area contributed by atoms with Crippen LogP contribution in [-0.4, -0.2) is 23.9 Å². The molecule has 0 heterocycles. The molecule has 0 bridgehead atoms. The molecular weight excluding hydrogens is 331 g/mol. The van der Waals surface area contributed by atoms with Gasteiger partial charge in [0.05, 0.1) is 6.04 Å². The van der Waals surface area contributed by atoms with Crippen molar-refractivity contribution in [1.29, 1.82) is 0 Å². The summed E-state index contributed by atoms with van der Waals surface area (Å²) < 4.78 is 88.2. The summed E-state index contributed by atoms with van der Waals surface area (Å²) in [5.41, 5.74) is 1.91. The van der Waals surface area contributed by atoms with E-state index in [4.69, 9.17) is 0 Å². The van der Waals surface area contributed by atoms with Crippen LogP contribution < -0.4 is 5.32 Å². The van der Waals surface area contributed by atoms with Gasteiger partial charge < -0.3 is 5.32 Å². The van der Waals surface area contributed by atoms with Crippen molar-refractivity contribution in [2.24, 2.45) is 0 Å². The summed E-state index contributed by atoms with van der Waals surface area (Å²) in [6.07, 6.45) is -6.54. The highest BCUT2D eigenvalue weighted by Crippen LogP contribution is 2.46. The van der Waals surface area contributed by atoms with Crippen LogP contribution in [0.2, 0.25) is 0 Å². The van der Waals surface area contributed by atoms with Gasteiger partial charge in [-0.2, -0.15) is 30.7 Å². The lowest BCUT2D eigenvalue weighted by molar-refractivity contribution is -0.344. The molecule has 1 aromatic rings. The highest BCUT2D eigenvalue weighted by Gasteiger charge is 2.76. The first-order valence-corrected chi connectivity index (χ1v) is 6.42. The van der Waals surface area contributed by atoms with Gasteiger partial charge in [-0.25, -0.2) is 0 Å². The summed E-state index contributed by atoms with van der Waals surface area (Å²) in [7, 11) is 0. The molecule has 0 saturated carbocycles. The molecule has 0 aliphatic rings. The van der Waals surface area contributed by atoms with Crippen molar-refractivity contribution >= 4 is 5.91 Å². The maximum Gasteiger partial charge on any atom is 0.460 e. The van der Waals surface area contributed by atoms with E-state index < -0.39 is 30.0 Å². The molecule has 0 aliphatic heterocycles. The molecular formula is C14H14F7NO. The third kappa shape index (κ3) is 3.59. The third-order valence-corrected chi connectivity index (χ3v) is 3.41. The number of amides is 1. The van der Waals surface area contributed by atoms with Crippen LogP contribution in [0, 0.1) is 13.8 Å². The number of nitrogens with one attached hydrogen (secondary N) is 1. The van der Waals surface area contributed by atoms with Crippen LogP contribution in [0.5, 0.6) is 0 Å². The normalized spacial score (nSPS) is 14.5. The highest BCUT2D eigenvalue weighted by molar-refractivity contribution is 5.85. The minimum atomic E-state index is -6.54. The molecule has 1 atom stereocenters. The van der Waals surface area contributed by atoms with Gasteiger partial charge in [0.15, 0.2) is 0 Å². The van der Waals surface area contributed by atoms with Crippen molar-refractivity contribution in [3.05, 3.63) is 34.9 Å². The topological polar surface area (TPSA) is 29.1 Å².